The molecule has 0 saturated carbocycles. The van der Waals surface area contributed by atoms with Gasteiger partial charge in [-0.1, -0.05) is 0 Å². The lowest BCUT2D eigenvalue weighted by Crippen LogP contribution is -2.34. The minimum absolute atomic E-state index is 0.0532. The van der Waals surface area contributed by atoms with Crippen LogP contribution in [0.15, 0.2) is 18.2 Å². The van der Waals surface area contributed by atoms with Crippen molar-refractivity contribution in [3.8, 4) is 11.5 Å². The Hall–Kier alpha value is -2.28. The zero-order valence-electron chi connectivity index (χ0n) is 15.2. The number of benzene rings is 1. The number of carbonyl (C=O) groups excluding carboxylic acids is 2. The third kappa shape index (κ3) is 5.94. The molecule has 2 rings (SSSR count). The maximum atomic E-state index is 12.0. The van der Waals surface area contributed by atoms with Crippen LogP contribution >= 0.6 is 0 Å². The Morgan fingerprint density at radius 2 is 1.84 bits per heavy atom. The average molecular weight is 349 g/mol. The second-order valence-corrected chi connectivity index (χ2v) is 6.26. The van der Waals surface area contributed by atoms with Gasteiger partial charge in [0, 0.05) is 38.2 Å². The van der Waals surface area contributed by atoms with Crippen LogP contribution in [0.4, 0.5) is 5.69 Å². The van der Waals surface area contributed by atoms with Crippen LogP contribution in [0.5, 0.6) is 11.5 Å². The van der Waals surface area contributed by atoms with Gasteiger partial charge in [-0.15, -0.1) is 0 Å². The van der Waals surface area contributed by atoms with E-state index in [0.29, 0.717) is 43.5 Å². The highest BCUT2D eigenvalue weighted by atomic mass is 16.6. The summed E-state index contributed by atoms with van der Waals surface area (Å²) in [6.45, 7) is 4.40. The quantitative estimate of drug-likeness (QED) is 0.716. The van der Waals surface area contributed by atoms with E-state index in [4.69, 9.17) is 9.47 Å². The molecule has 2 amide bonds. The number of rotatable bonds is 8. The Balaban J connectivity index is 1.88. The van der Waals surface area contributed by atoms with E-state index in [1.54, 1.807) is 17.0 Å². The van der Waals surface area contributed by atoms with Crippen molar-refractivity contribution < 1.29 is 19.1 Å². The Morgan fingerprint density at radius 3 is 2.52 bits per heavy atom. The van der Waals surface area contributed by atoms with Gasteiger partial charge in [0.2, 0.25) is 11.8 Å². The summed E-state index contributed by atoms with van der Waals surface area (Å²) >= 11 is 0. The first-order chi connectivity index (χ1) is 12.0. The number of ether oxygens (including phenoxy) is 2. The van der Waals surface area contributed by atoms with Crippen molar-refractivity contribution in [2.45, 2.75) is 19.8 Å². The molecule has 1 aliphatic rings. The highest BCUT2D eigenvalue weighted by Gasteiger charge is 2.18. The largest absolute Gasteiger partial charge is 0.486 e. The molecule has 0 fully saturated rings. The van der Waals surface area contributed by atoms with Crippen molar-refractivity contribution in [2.75, 3.05) is 51.8 Å². The van der Waals surface area contributed by atoms with Gasteiger partial charge in [-0.25, -0.2) is 0 Å². The molecule has 0 unspecified atom stereocenters. The maximum absolute atomic E-state index is 12.0. The molecular weight excluding hydrogens is 322 g/mol. The van der Waals surface area contributed by atoms with Crippen molar-refractivity contribution >= 4 is 17.5 Å². The fraction of sp³-hybridized carbons (Fsp3) is 0.556. The third-order valence-corrected chi connectivity index (χ3v) is 3.88. The monoisotopic (exact) mass is 349 g/mol. The second-order valence-electron chi connectivity index (χ2n) is 6.26. The summed E-state index contributed by atoms with van der Waals surface area (Å²) in [5.74, 6) is 1.14. The molecule has 1 aliphatic heterocycles. The number of amides is 2. The number of anilines is 1. The fourth-order valence-corrected chi connectivity index (χ4v) is 2.59. The third-order valence-electron chi connectivity index (χ3n) is 3.88. The number of carbonyl (C=O) groups is 2. The summed E-state index contributed by atoms with van der Waals surface area (Å²) in [7, 11) is 4.00. The van der Waals surface area contributed by atoms with Crippen LogP contribution in [0.3, 0.4) is 0 Å². The van der Waals surface area contributed by atoms with E-state index >= 15 is 0 Å². The van der Waals surface area contributed by atoms with E-state index in [-0.39, 0.29) is 18.2 Å². The predicted octanol–water partition coefficient (Wildman–Crippen LogP) is 1.27. The van der Waals surface area contributed by atoms with Crippen molar-refractivity contribution in [3.63, 3.8) is 0 Å². The van der Waals surface area contributed by atoms with Crippen LogP contribution < -0.4 is 19.7 Å². The zero-order valence-corrected chi connectivity index (χ0v) is 15.2. The normalized spacial score (nSPS) is 12.8. The molecule has 0 aromatic heterocycles. The van der Waals surface area contributed by atoms with Crippen LogP contribution in [0.25, 0.3) is 0 Å². The molecule has 0 radical (unpaired) electrons. The molecule has 1 N–H and O–H groups in total. The summed E-state index contributed by atoms with van der Waals surface area (Å²) < 4.78 is 11.1. The predicted molar refractivity (Wildman–Crippen MR) is 96.3 cm³/mol. The van der Waals surface area contributed by atoms with E-state index < -0.39 is 0 Å². The van der Waals surface area contributed by atoms with Crippen LogP contribution in [-0.2, 0) is 9.59 Å². The number of hydrogen-bond acceptors (Lipinski definition) is 5. The standard InChI is InChI=1S/C18H27N3O4/c1-14(22)21(10-7-18(23)19-8-4-9-20(2)3)15-5-6-16-17(13-15)25-12-11-24-16/h5-6,13H,4,7-12H2,1-3H3,(H,19,23). The van der Waals surface area contributed by atoms with E-state index in [9.17, 15) is 9.59 Å². The molecule has 138 valence electrons. The molecule has 0 spiro atoms. The van der Waals surface area contributed by atoms with Crippen molar-refractivity contribution in [2.24, 2.45) is 0 Å². The van der Waals surface area contributed by atoms with Gasteiger partial charge in [0.15, 0.2) is 11.5 Å². The van der Waals surface area contributed by atoms with Crippen LogP contribution in [0, 0.1) is 0 Å². The van der Waals surface area contributed by atoms with Gasteiger partial charge < -0.3 is 24.6 Å². The Kier molecular flexibility index (Phi) is 7.06. The lowest BCUT2D eigenvalue weighted by molar-refractivity contribution is -0.121. The molecular formula is C18H27N3O4. The summed E-state index contributed by atoms with van der Waals surface area (Å²) in [6, 6.07) is 5.38. The SMILES string of the molecule is CC(=O)N(CCC(=O)NCCCN(C)C)c1ccc2c(c1)OCCO2. The lowest BCUT2D eigenvalue weighted by Gasteiger charge is -2.24. The van der Waals surface area contributed by atoms with Crippen molar-refractivity contribution in [1.29, 1.82) is 0 Å². The van der Waals surface area contributed by atoms with Crippen molar-refractivity contribution in [1.82, 2.24) is 10.2 Å². The summed E-state index contributed by atoms with van der Waals surface area (Å²) in [6.07, 6.45) is 1.16. The van der Waals surface area contributed by atoms with Gasteiger partial charge in [0.25, 0.3) is 0 Å². The van der Waals surface area contributed by atoms with Gasteiger partial charge in [-0.2, -0.15) is 0 Å². The Labute approximate surface area is 148 Å². The maximum Gasteiger partial charge on any atom is 0.223 e. The smallest absolute Gasteiger partial charge is 0.223 e. The van der Waals surface area contributed by atoms with Crippen LogP contribution in [0.2, 0.25) is 0 Å². The first kappa shape index (κ1) is 19.1. The van der Waals surface area contributed by atoms with Gasteiger partial charge in [0.1, 0.15) is 13.2 Å². The Bertz CT molecular complexity index is 604. The van der Waals surface area contributed by atoms with E-state index in [1.807, 2.05) is 20.2 Å². The first-order valence-corrected chi connectivity index (χ1v) is 8.56. The topological polar surface area (TPSA) is 71.1 Å². The molecule has 0 saturated heterocycles. The van der Waals surface area contributed by atoms with Gasteiger partial charge in [-0.3, -0.25) is 9.59 Å². The molecule has 1 heterocycles. The fourth-order valence-electron chi connectivity index (χ4n) is 2.59. The minimum atomic E-state index is -0.114. The summed E-state index contributed by atoms with van der Waals surface area (Å²) in [4.78, 5) is 27.6. The molecule has 1 aromatic carbocycles. The molecule has 0 atom stereocenters. The molecule has 7 heteroatoms. The van der Waals surface area contributed by atoms with E-state index in [2.05, 4.69) is 10.2 Å². The first-order valence-electron chi connectivity index (χ1n) is 8.56. The van der Waals surface area contributed by atoms with E-state index in [0.717, 1.165) is 13.0 Å². The molecule has 7 nitrogen and oxygen atoms in total. The molecule has 0 bridgehead atoms. The number of fused-ring (bicyclic) bond motifs is 1. The average Bonchev–Trinajstić information content (AvgIpc) is 2.58. The molecule has 0 aliphatic carbocycles. The molecule has 25 heavy (non-hydrogen) atoms. The minimum Gasteiger partial charge on any atom is -0.486 e. The van der Waals surface area contributed by atoms with Gasteiger partial charge >= 0.3 is 0 Å². The van der Waals surface area contributed by atoms with Gasteiger partial charge in [0.05, 0.1) is 0 Å². The molecule has 1 aromatic rings. The highest BCUT2D eigenvalue weighted by Crippen LogP contribution is 2.34. The lowest BCUT2D eigenvalue weighted by atomic mass is 10.2. The second kappa shape index (κ2) is 9.27. The van der Waals surface area contributed by atoms with Crippen LogP contribution in [-0.4, -0.2) is 63.7 Å². The Morgan fingerprint density at radius 1 is 1.12 bits per heavy atom. The van der Waals surface area contributed by atoms with Gasteiger partial charge in [-0.05, 0) is 39.2 Å². The number of nitrogens with one attached hydrogen (secondary N) is 1. The summed E-state index contributed by atoms with van der Waals surface area (Å²) in [5.41, 5.74) is 0.706. The van der Waals surface area contributed by atoms with E-state index in [1.165, 1.54) is 6.92 Å². The highest BCUT2D eigenvalue weighted by molar-refractivity contribution is 5.92. The number of hydrogen-bond donors (Lipinski definition) is 1. The van der Waals surface area contributed by atoms with Crippen molar-refractivity contribution in [3.05, 3.63) is 18.2 Å². The summed E-state index contributed by atoms with van der Waals surface area (Å²) in [5, 5.41) is 2.89. The van der Waals surface area contributed by atoms with Crippen LogP contribution in [0.1, 0.15) is 19.8 Å². The number of nitrogens with zero attached hydrogens (tertiary/aromatic N) is 2. The zero-order chi connectivity index (χ0) is 18.2.